The second kappa shape index (κ2) is 10.4. The molecule has 0 radical (unpaired) electrons. The molecule has 1 aromatic heterocycles. The number of halogens is 1. The fourth-order valence-electron chi connectivity index (χ4n) is 2.59. The van der Waals surface area contributed by atoms with E-state index in [4.69, 9.17) is 4.42 Å². The van der Waals surface area contributed by atoms with Crippen LogP contribution in [0.1, 0.15) is 29.5 Å². The van der Waals surface area contributed by atoms with E-state index in [9.17, 15) is 12.8 Å². The maximum atomic E-state index is 13.0. The molecule has 1 unspecified atom stereocenters. The number of aromatic nitrogens is 2. The molecular formula is C20H22FN3O3S3. The van der Waals surface area contributed by atoms with Crippen LogP contribution < -0.4 is 4.72 Å². The molecule has 0 amide bonds. The Bertz CT molecular complexity index is 1050. The van der Waals surface area contributed by atoms with Gasteiger partial charge in [0, 0.05) is 5.75 Å². The molecule has 0 saturated heterocycles. The zero-order valence-electron chi connectivity index (χ0n) is 16.5. The van der Waals surface area contributed by atoms with Gasteiger partial charge in [-0.05, 0) is 55.2 Å². The van der Waals surface area contributed by atoms with E-state index in [2.05, 4.69) is 14.9 Å². The van der Waals surface area contributed by atoms with Crippen LogP contribution >= 0.6 is 23.5 Å². The molecular weight excluding hydrogens is 445 g/mol. The smallest absolute Gasteiger partial charge is 0.276 e. The lowest BCUT2D eigenvalue weighted by Gasteiger charge is -2.15. The maximum Gasteiger partial charge on any atom is 0.276 e. The van der Waals surface area contributed by atoms with Gasteiger partial charge in [0.05, 0.1) is 4.90 Å². The zero-order chi connectivity index (χ0) is 21.6. The molecule has 1 heterocycles. The predicted molar refractivity (Wildman–Crippen MR) is 117 cm³/mol. The Labute approximate surface area is 184 Å². The normalized spacial score (nSPS) is 12.8. The summed E-state index contributed by atoms with van der Waals surface area (Å²) in [7, 11) is -3.73. The predicted octanol–water partition coefficient (Wildman–Crippen LogP) is 4.58. The van der Waals surface area contributed by atoms with Gasteiger partial charge >= 0.3 is 0 Å². The number of benzene rings is 2. The molecule has 0 spiro atoms. The summed E-state index contributed by atoms with van der Waals surface area (Å²) in [5, 5.41) is 8.41. The molecule has 1 N–H and O–H groups in total. The van der Waals surface area contributed by atoms with E-state index >= 15 is 0 Å². The third-order valence-corrected chi connectivity index (χ3v) is 7.26. The summed E-state index contributed by atoms with van der Waals surface area (Å²) in [6.07, 6.45) is 2.46. The fourth-order valence-corrected chi connectivity index (χ4v) is 5.01. The first-order valence-corrected chi connectivity index (χ1v) is 13.0. The summed E-state index contributed by atoms with van der Waals surface area (Å²) in [6, 6.07) is 12.2. The lowest BCUT2D eigenvalue weighted by molar-refractivity contribution is 0.371. The summed E-state index contributed by atoms with van der Waals surface area (Å²) in [6.45, 7) is 1.90. The van der Waals surface area contributed by atoms with Gasteiger partial charge in [-0.2, -0.15) is 16.5 Å². The van der Waals surface area contributed by atoms with Crippen LogP contribution in [0.3, 0.4) is 0 Å². The zero-order valence-corrected chi connectivity index (χ0v) is 19.0. The lowest BCUT2D eigenvalue weighted by atomic mass is 10.2. The molecule has 2 aromatic carbocycles. The molecule has 0 aliphatic heterocycles. The van der Waals surface area contributed by atoms with Gasteiger partial charge in [-0.1, -0.05) is 41.6 Å². The van der Waals surface area contributed by atoms with Crippen molar-refractivity contribution in [3.05, 3.63) is 71.4 Å². The highest BCUT2D eigenvalue weighted by molar-refractivity contribution is 7.98. The van der Waals surface area contributed by atoms with Crippen LogP contribution in [0.15, 0.2) is 63.1 Å². The standard InChI is InChI=1S/C20H22FN3O3S3/c1-14-3-9-17(10-4-14)30(25,26)24-18(11-12-28-2)19-22-23-20(27-19)29-13-15-5-7-16(21)8-6-15/h3-10,18,24H,11-13H2,1-2H3. The molecule has 0 bridgehead atoms. The van der Waals surface area contributed by atoms with Crippen molar-refractivity contribution in [2.75, 3.05) is 12.0 Å². The first-order valence-electron chi connectivity index (χ1n) is 9.16. The summed E-state index contributed by atoms with van der Waals surface area (Å²) < 4.78 is 47.0. The Hall–Kier alpha value is -1.88. The second-order valence-electron chi connectivity index (χ2n) is 6.59. The molecule has 10 heteroatoms. The topological polar surface area (TPSA) is 85.1 Å². The minimum absolute atomic E-state index is 0.188. The van der Waals surface area contributed by atoms with Crippen LogP contribution in [0.4, 0.5) is 4.39 Å². The highest BCUT2D eigenvalue weighted by Crippen LogP contribution is 2.26. The van der Waals surface area contributed by atoms with Gasteiger partial charge in [0.15, 0.2) is 0 Å². The monoisotopic (exact) mass is 467 g/mol. The highest BCUT2D eigenvalue weighted by Gasteiger charge is 2.25. The van der Waals surface area contributed by atoms with E-state index in [1.807, 2.05) is 13.2 Å². The number of hydrogen-bond donors (Lipinski definition) is 1. The van der Waals surface area contributed by atoms with Crippen molar-refractivity contribution in [2.45, 2.75) is 35.3 Å². The van der Waals surface area contributed by atoms with E-state index in [1.165, 1.54) is 23.9 Å². The van der Waals surface area contributed by atoms with Gasteiger partial charge < -0.3 is 4.42 Å². The molecule has 0 aliphatic rings. The molecule has 0 aliphatic carbocycles. The van der Waals surface area contributed by atoms with Gasteiger partial charge in [0.2, 0.25) is 15.9 Å². The Balaban J connectivity index is 1.72. The minimum Gasteiger partial charge on any atom is -0.414 e. The number of rotatable bonds is 10. The third-order valence-electron chi connectivity index (χ3n) is 4.24. The van der Waals surface area contributed by atoms with Crippen LogP contribution in [0.5, 0.6) is 0 Å². The number of thioether (sulfide) groups is 2. The number of nitrogens with one attached hydrogen (secondary N) is 1. The molecule has 0 fully saturated rings. The number of hydrogen-bond acceptors (Lipinski definition) is 7. The van der Waals surface area contributed by atoms with E-state index in [1.54, 1.807) is 48.2 Å². The van der Waals surface area contributed by atoms with Crippen LogP contribution in [-0.2, 0) is 15.8 Å². The third kappa shape index (κ3) is 6.31. The largest absolute Gasteiger partial charge is 0.414 e. The molecule has 3 aromatic rings. The Kier molecular flexibility index (Phi) is 7.93. The van der Waals surface area contributed by atoms with Crippen molar-refractivity contribution < 1.29 is 17.2 Å². The number of aryl methyl sites for hydroxylation is 1. The average molecular weight is 468 g/mol. The molecule has 30 heavy (non-hydrogen) atoms. The molecule has 6 nitrogen and oxygen atoms in total. The summed E-state index contributed by atoms with van der Waals surface area (Å²) >= 11 is 2.92. The maximum absolute atomic E-state index is 13.0. The fraction of sp³-hybridized carbons (Fsp3) is 0.300. The van der Waals surface area contributed by atoms with Gasteiger partial charge in [-0.15, -0.1) is 10.2 Å². The summed E-state index contributed by atoms with van der Waals surface area (Å²) in [5.74, 6) is 1.19. The first-order chi connectivity index (χ1) is 14.4. The molecule has 1 atom stereocenters. The van der Waals surface area contributed by atoms with Gasteiger partial charge in [-0.25, -0.2) is 12.8 Å². The van der Waals surface area contributed by atoms with Gasteiger partial charge in [0.1, 0.15) is 11.9 Å². The molecule has 0 saturated carbocycles. The van der Waals surface area contributed by atoms with Gasteiger partial charge in [0.25, 0.3) is 5.22 Å². The van der Waals surface area contributed by atoms with Crippen molar-refractivity contribution in [3.63, 3.8) is 0 Å². The SMILES string of the molecule is CSCCC(NS(=O)(=O)c1ccc(C)cc1)c1nnc(SCc2ccc(F)cc2)o1. The lowest BCUT2D eigenvalue weighted by Crippen LogP contribution is -2.29. The number of sulfonamides is 1. The summed E-state index contributed by atoms with van der Waals surface area (Å²) in [5.41, 5.74) is 1.90. The Morgan fingerprint density at radius 3 is 2.47 bits per heavy atom. The van der Waals surface area contributed by atoms with Crippen molar-refractivity contribution >= 4 is 33.5 Å². The van der Waals surface area contributed by atoms with Crippen molar-refractivity contribution in [1.29, 1.82) is 0 Å². The van der Waals surface area contributed by atoms with E-state index in [-0.39, 0.29) is 16.6 Å². The van der Waals surface area contributed by atoms with Crippen molar-refractivity contribution in [1.82, 2.24) is 14.9 Å². The molecule has 160 valence electrons. The Morgan fingerprint density at radius 1 is 1.10 bits per heavy atom. The first kappa shape index (κ1) is 22.8. The van der Waals surface area contributed by atoms with Crippen molar-refractivity contribution in [3.8, 4) is 0 Å². The minimum atomic E-state index is -3.73. The second-order valence-corrected chi connectivity index (χ2v) is 10.2. The van der Waals surface area contributed by atoms with Gasteiger partial charge in [-0.3, -0.25) is 0 Å². The quantitative estimate of drug-likeness (QED) is 0.437. The molecule has 3 rings (SSSR count). The average Bonchev–Trinajstić information content (AvgIpc) is 3.20. The van der Waals surface area contributed by atoms with Crippen molar-refractivity contribution in [2.24, 2.45) is 0 Å². The highest BCUT2D eigenvalue weighted by atomic mass is 32.2. The Morgan fingerprint density at radius 2 is 1.80 bits per heavy atom. The van der Waals surface area contributed by atoms with E-state index < -0.39 is 16.1 Å². The van der Waals surface area contributed by atoms with Crippen LogP contribution in [0.25, 0.3) is 0 Å². The van der Waals surface area contributed by atoms with Crippen LogP contribution in [-0.4, -0.2) is 30.6 Å². The van der Waals surface area contributed by atoms with E-state index in [0.29, 0.717) is 17.4 Å². The van der Waals surface area contributed by atoms with E-state index in [0.717, 1.165) is 16.9 Å². The van der Waals surface area contributed by atoms with Crippen LogP contribution in [0.2, 0.25) is 0 Å². The number of nitrogens with zero attached hydrogens (tertiary/aromatic N) is 2. The van der Waals surface area contributed by atoms with Crippen LogP contribution in [0, 0.1) is 12.7 Å². The summed E-state index contributed by atoms with van der Waals surface area (Å²) in [4.78, 5) is 0.188.